The average Bonchev–Trinajstić information content (AvgIpc) is 2.97. The van der Waals surface area contributed by atoms with Crippen LogP contribution in [0.4, 0.5) is 0 Å². The zero-order valence-electron chi connectivity index (χ0n) is 11.4. The van der Waals surface area contributed by atoms with Gasteiger partial charge in [0.1, 0.15) is 6.10 Å². The Morgan fingerprint density at radius 1 is 1.44 bits per heavy atom. The summed E-state index contributed by atoms with van der Waals surface area (Å²) in [5.74, 6) is 5.63. The zero-order valence-corrected chi connectivity index (χ0v) is 11.4. The molecule has 2 fully saturated rings. The summed E-state index contributed by atoms with van der Waals surface area (Å²) in [7, 11) is 0. The molecule has 5 nitrogen and oxygen atoms in total. The van der Waals surface area contributed by atoms with E-state index in [0.29, 0.717) is 12.0 Å². The van der Waals surface area contributed by atoms with E-state index in [2.05, 4.69) is 24.2 Å². The average molecular weight is 255 g/mol. The summed E-state index contributed by atoms with van der Waals surface area (Å²) >= 11 is 0. The largest absolute Gasteiger partial charge is 0.364 e. The van der Waals surface area contributed by atoms with Gasteiger partial charge in [-0.05, 0) is 38.1 Å². The third-order valence-corrected chi connectivity index (χ3v) is 4.16. The van der Waals surface area contributed by atoms with Gasteiger partial charge in [0, 0.05) is 12.6 Å². The molecule has 5 heteroatoms. The van der Waals surface area contributed by atoms with Gasteiger partial charge in [-0.15, -0.1) is 0 Å². The fourth-order valence-electron chi connectivity index (χ4n) is 3.22. The monoisotopic (exact) mass is 255 g/mol. The Bertz CT molecular complexity index is 296. The molecular weight excluding hydrogens is 230 g/mol. The maximum Gasteiger partial charge on any atom is 0.263 e. The predicted molar refractivity (Wildman–Crippen MR) is 69.7 cm³/mol. The normalized spacial score (nSPS) is 33.2. The number of likely N-dealkylation sites (tertiary alicyclic amines) is 1. The first-order valence-corrected chi connectivity index (χ1v) is 7.01. The van der Waals surface area contributed by atoms with Crippen molar-refractivity contribution in [1.29, 1.82) is 0 Å². The summed E-state index contributed by atoms with van der Waals surface area (Å²) in [5.41, 5.74) is 2.17. The summed E-state index contributed by atoms with van der Waals surface area (Å²) in [6.45, 7) is 6.68. The van der Waals surface area contributed by atoms with Crippen molar-refractivity contribution in [2.45, 2.75) is 57.8 Å². The van der Waals surface area contributed by atoms with Crippen molar-refractivity contribution in [3.05, 3.63) is 0 Å². The van der Waals surface area contributed by atoms with E-state index in [1.54, 1.807) is 0 Å². The molecule has 2 heterocycles. The number of hydrogen-bond acceptors (Lipinski definition) is 4. The number of carbonyl (C=O) groups excluding carboxylic acids is 1. The SMILES string of the molecule is CC(C)C1CCCN1CC1CCC(C(=O)NN)O1. The molecule has 3 N–H and O–H groups in total. The molecule has 0 aliphatic carbocycles. The quantitative estimate of drug-likeness (QED) is 0.439. The molecule has 2 aliphatic heterocycles. The first-order valence-electron chi connectivity index (χ1n) is 7.01. The fraction of sp³-hybridized carbons (Fsp3) is 0.923. The van der Waals surface area contributed by atoms with Gasteiger partial charge in [-0.3, -0.25) is 15.1 Å². The molecule has 0 aromatic rings. The summed E-state index contributed by atoms with van der Waals surface area (Å²) in [6.07, 6.45) is 4.15. The lowest BCUT2D eigenvalue weighted by molar-refractivity contribution is -0.132. The zero-order chi connectivity index (χ0) is 13.1. The van der Waals surface area contributed by atoms with E-state index in [4.69, 9.17) is 10.6 Å². The molecule has 2 aliphatic rings. The second-order valence-corrected chi connectivity index (χ2v) is 5.78. The van der Waals surface area contributed by atoms with Crippen LogP contribution in [0.2, 0.25) is 0 Å². The second kappa shape index (κ2) is 5.99. The first kappa shape index (κ1) is 13.8. The van der Waals surface area contributed by atoms with Gasteiger partial charge in [-0.2, -0.15) is 0 Å². The number of hydrazine groups is 1. The highest BCUT2D eigenvalue weighted by atomic mass is 16.5. The van der Waals surface area contributed by atoms with Crippen LogP contribution in [0, 0.1) is 5.92 Å². The van der Waals surface area contributed by atoms with E-state index in [0.717, 1.165) is 25.9 Å². The molecule has 0 saturated carbocycles. The van der Waals surface area contributed by atoms with Gasteiger partial charge >= 0.3 is 0 Å². The lowest BCUT2D eigenvalue weighted by Gasteiger charge is -2.29. The van der Waals surface area contributed by atoms with Crippen LogP contribution in [0.1, 0.15) is 39.5 Å². The molecule has 0 bridgehead atoms. The van der Waals surface area contributed by atoms with Crippen LogP contribution in [0.15, 0.2) is 0 Å². The van der Waals surface area contributed by atoms with Gasteiger partial charge in [0.25, 0.3) is 5.91 Å². The first-order chi connectivity index (χ1) is 8.61. The molecule has 104 valence electrons. The smallest absolute Gasteiger partial charge is 0.263 e. The maximum atomic E-state index is 11.4. The van der Waals surface area contributed by atoms with Gasteiger partial charge < -0.3 is 4.74 Å². The summed E-state index contributed by atoms with van der Waals surface area (Å²) in [5, 5.41) is 0. The van der Waals surface area contributed by atoms with Crippen LogP contribution >= 0.6 is 0 Å². The molecule has 2 rings (SSSR count). The third-order valence-electron chi connectivity index (χ3n) is 4.16. The molecule has 18 heavy (non-hydrogen) atoms. The molecule has 0 aromatic carbocycles. The molecule has 3 unspecified atom stereocenters. The van der Waals surface area contributed by atoms with Crippen molar-refractivity contribution in [3.8, 4) is 0 Å². The molecular formula is C13H25N3O2. The number of rotatable bonds is 4. The van der Waals surface area contributed by atoms with Crippen molar-refractivity contribution in [2.75, 3.05) is 13.1 Å². The highest BCUT2D eigenvalue weighted by Crippen LogP contribution is 2.27. The van der Waals surface area contributed by atoms with Crippen LogP contribution in [0.5, 0.6) is 0 Å². The van der Waals surface area contributed by atoms with Gasteiger partial charge in [0.2, 0.25) is 0 Å². The molecule has 3 atom stereocenters. The number of ether oxygens (including phenoxy) is 1. The van der Waals surface area contributed by atoms with Gasteiger partial charge in [-0.25, -0.2) is 5.84 Å². The van der Waals surface area contributed by atoms with Gasteiger partial charge in [0.05, 0.1) is 6.10 Å². The minimum absolute atomic E-state index is 0.187. The lowest BCUT2D eigenvalue weighted by atomic mass is 10.0. The van der Waals surface area contributed by atoms with E-state index in [9.17, 15) is 4.79 Å². The number of amides is 1. The third kappa shape index (κ3) is 3.02. The topological polar surface area (TPSA) is 67.6 Å². The van der Waals surface area contributed by atoms with Crippen LogP contribution in [0.25, 0.3) is 0 Å². The standard InChI is InChI=1S/C13H25N3O2/c1-9(2)11-4-3-7-16(11)8-10-5-6-12(18-10)13(17)15-14/h9-12H,3-8,14H2,1-2H3,(H,15,17). The van der Waals surface area contributed by atoms with E-state index >= 15 is 0 Å². The number of nitrogens with one attached hydrogen (secondary N) is 1. The highest BCUT2D eigenvalue weighted by molar-refractivity contribution is 5.80. The van der Waals surface area contributed by atoms with Gasteiger partial charge in [0.15, 0.2) is 0 Å². The molecule has 0 aromatic heterocycles. The molecule has 2 saturated heterocycles. The Hall–Kier alpha value is -0.650. The summed E-state index contributed by atoms with van der Waals surface area (Å²) in [4.78, 5) is 13.9. The Morgan fingerprint density at radius 2 is 2.22 bits per heavy atom. The summed E-state index contributed by atoms with van der Waals surface area (Å²) < 4.78 is 5.77. The van der Waals surface area contributed by atoms with E-state index in [1.807, 2.05) is 0 Å². The number of nitrogens with two attached hydrogens (primary N) is 1. The Morgan fingerprint density at radius 3 is 2.89 bits per heavy atom. The number of carbonyl (C=O) groups is 1. The van der Waals surface area contributed by atoms with E-state index < -0.39 is 0 Å². The van der Waals surface area contributed by atoms with E-state index in [-0.39, 0.29) is 18.1 Å². The maximum absolute atomic E-state index is 11.4. The van der Waals surface area contributed by atoms with Crippen LogP contribution in [-0.4, -0.2) is 42.1 Å². The molecule has 0 spiro atoms. The second-order valence-electron chi connectivity index (χ2n) is 5.78. The fourth-order valence-corrected chi connectivity index (χ4v) is 3.22. The number of hydrogen-bond donors (Lipinski definition) is 2. The highest BCUT2D eigenvalue weighted by Gasteiger charge is 2.34. The Kier molecular flexibility index (Phi) is 4.59. The molecule has 0 radical (unpaired) electrons. The number of nitrogens with zero attached hydrogens (tertiary/aromatic N) is 1. The van der Waals surface area contributed by atoms with Crippen molar-refractivity contribution >= 4 is 5.91 Å². The minimum atomic E-state index is -0.347. The molecule has 1 amide bonds. The van der Waals surface area contributed by atoms with Crippen molar-refractivity contribution in [2.24, 2.45) is 11.8 Å². The minimum Gasteiger partial charge on any atom is -0.364 e. The van der Waals surface area contributed by atoms with Crippen molar-refractivity contribution < 1.29 is 9.53 Å². The van der Waals surface area contributed by atoms with Crippen LogP contribution in [0.3, 0.4) is 0 Å². The van der Waals surface area contributed by atoms with Crippen LogP contribution < -0.4 is 11.3 Å². The van der Waals surface area contributed by atoms with Crippen molar-refractivity contribution in [1.82, 2.24) is 10.3 Å². The van der Waals surface area contributed by atoms with Gasteiger partial charge in [-0.1, -0.05) is 13.8 Å². The predicted octanol–water partition coefficient (Wildman–Crippen LogP) is 0.644. The Labute approximate surface area is 109 Å². The summed E-state index contributed by atoms with van der Waals surface area (Å²) in [6, 6.07) is 0.677. The van der Waals surface area contributed by atoms with E-state index in [1.165, 1.54) is 12.8 Å². The van der Waals surface area contributed by atoms with Crippen molar-refractivity contribution in [3.63, 3.8) is 0 Å². The lowest BCUT2D eigenvalue weighted by Crippen LogP contribution is -2.41. The Balaban J connectivity index is 1.82. The van der Waals surface area contributed by atoms with Crippen LogP contribution in [-0.2, 0) is 9.53 Å².